The molecule has 0 aliphatic heterocycles. The Morgan fingerprint density at radius 2 is 1.65 bits per heavy atom. The molecule has 4 bridgehead atoms. The van der Waals surface area contributed by atoms with E-state index in [1.165, 1.54) is 44.1 Å². The molecule has 0 spiro atoms. The van der Waals surface area contributed by atoms with E-state index in [0.717, 1.165) is 11.5 Å². The number of hydrogen-bond acceptors (Lipinski definition) is 1. The Kier molecular flexibility index (Phi) is 2.30. The van der Waals surface area contributed by atoms with Crippen LogP contribution in [-0.2, 0) is 5.41 Å². The number of hydrogen-bond donors (Lipinski definition) is 1. The minimum Gasteiger partial charge on any atom is -0.508 e. The Labute approximate surface area is 122 Å². The monoisotopic (exact) mass is 270 g/mol. The highest BCUT2D eigenvalue weighted by Gasteiger charge is 2.60. The quantitative estimate of drug-likeness (QED) is 0.765. The highest BCUT2D eigenvalue weighted by molar-refractivity contribution is 5.40. The first-order chi connectivity index (χ1) is 9.32. The highest BCUT2D eigenvalue weighted by atomic mass is 16.3. The molecule has 5 rings (SSSR count). The van der Waals surface area contributed by atoms with E-state index in [0.29, 0.717) is 22.0 Å². The molecule has 2 atom stereocenters. The maximum Gasteiger partial charge on any atom is 0.118 e. The molecule has 4 aliphatic rings. The average molecular weight is 270 g/mol. The smallest absolute Gasteiger partial charge is 0.118 e. The van der Waals surface area contributed by atoms with Crippen molar-refractivity contribution in [2.45, 2.75) is 64.7 Å². The van der Waals surface area contributed by atoms with Crippen LogP contribution in [0.25, 0.3) is 0 Å². The molecule has 4 aliphatic carbocycles. The van der Waals surface area contributed by atoms with Crippen molar-refractivity contribution in [3.05, 3.63) is 29.3 Å². The summed E-state index contributed by atoms with van der Waals surface area (Å²) in [5.41, 5.74) is 4.03. The molecule has 4 fully saturated rings. The van der Waals surface area contributed by atoms with Gasteiger partial charge in [0.25, 0.3) is 0 Å². The van der Waals surface area contributed by atoms with E-state index in [1.54, 1.807) is 0 Å². The third-order valence-electron chi connectivity index (χ3n) is 6.44. The fourth-order valence-electron chi connectivity index (χ4n) is 6.75. The molecule has 1 aromatic carbocycles. The molecule has 0 amide bonds. The zero-order valence-electron chi connectivity index (χ0n) is 13.0. The van der Waals surface area contributed by atoms with Crippen LogP contribution in [0.15, 0.2) is 18.2 Å². The molecule has 4 saturated carbocycles. The van der Waals surface area contributed by atoms with Crippen LogP contribution in [0.4, 0.5) is 0 Å². The molecular formula is C19H26O. The van der Waals surface area contributed by atoms with Crippen molar-refractivity contribution >= 4 is 0 Å². The SMILES string of the molecule is Cc1cc(C23CC4CC(C)(CC(C)(C4)C2)C3)ccc1O. The lowest BCUT2D eigenvalue weighted by Gasteiger charge is -2.65. The third kappa shape index (κ3) is 1.68. The fourth-order valence-corrected chi connectivity index (χ4v) is 6.75. The predicted molar refractivity (Wildman–Crippen MR) is 81.9 cm³/mol. The Morgan fingerprint density at radius 1 is 1.00 bits per heavy atom. The lowest BCUT2D eigenvalue weighted by molar-refractivity contribution is -0.110. The van der Waals surface area contributed by atoms with Gasteiger partial charge in [-0.1, -0.05) is 26.0 Å². The summed E-state index contributed by atoms with van der Waals surface area (Å²) in [5, 5.41) is 9.83. The normalized spacial score (nSPS) is 45.9. The largest absolute Gasteiger partial charge is 0.508 e. The van der Waals surface area contributed by atoms with E-state index in [1.807, 2.05) is 13.0 Å². The summed E-state index contributed by atoms with van der Waals surface area (Å²) in [7, 11) is 0. The maximum atomic E-state index is 9.83. The second kappa shape index (κ2) is 3.61. The number of phenols is 1. The van der Waals surface area contributed by atoms with Gasteiger partial charge in [-0.3, -0.25) is 0 Å². The summed E-state index contributed by atoms with van der Waals surface area (Å²) < 4.78 is 0. The summed E-state index contributed by atoms with van der Waals surface area (Å²) >= 11 is 0. The zero-order valence-corrected chi connectivity index (χ0v) is 13.0. The van der Waals surface area contributed by atoms with Gasteiger partial charge in [0.15, 0.2) is 0 Å². The van der Waals surface area contributed by atoms with Gasteiger partial charge in [0, 0.05) is 0 Å². The van der Waals surface area contributed by atoms with Gasteiger partial charge in [-0.25, -0.2) is 0 Å². The maximum absolute atomic E-state index is 9.83. The lowest BCUT2D eigenvalue weighted by Crippen LogP contribution is -2.56. The minimum atomic E-state index is 0.390. The van der Waals surface area contributed by atoms with Gasteiger partial charge in [-0.05, 0) is 84.8 Å². The van der Waals surface area contributed by atoms with Crippen LogP contribution in [0.3, 0.4) is 0 Å². The van der Waals surface area contributed by atoms with Crippen LogP contribution >= 0.6 is 0 Å². The first-order valence-corrected chi connectivity index (χ1v) is 8.12. The second-order valence-electron chi connectivity index (χ2n) is 8.91. The molecule has 0 radical (unpaired) electrons. The summed E-state index contributed by atoms with van der Waals surface area (Å²) in [6.07, 6.45) is 8.41. The van der Waals surface area contributed by atoms with E-state index in [9.17, 15) is 5.11 Å². The van der Waals surface area contributed by atoms with E-state index in [4.69, 9.17) is 0 Å². The summed E-state index contributed by atoms with van der Waals surface area (Å²) in [6, 6.07) is 6.37. The lowest BCUT2D eigenvalue weighted by atomic mass is 9.39. The van der Waals surface area contributed by atoms with Gasteiger partial charge < -0.3 is 5.11 Å². The predicted octanol–water partition coefficient (Wildman–Crippen LogP) is 4.95. The molecular weight excluding hydrogens is 244 g/mol. The van der Waals surface area contributed by atoms with Crippen molar-refractivity contribution < 1.29 is 5.11 Å². The van der Waals surface area contributed by atoms with E-state index in [2.05, 4.69) is 26.0 Å². The van der Waals surface area contributed by atoms with Gasteiger partial charge in [0.2, 0.25) is 0 Å². The van der Waals surface area contributed by atoms with Crippen molar-refractivity contribution in [2.75, 3.05) is 0 Å². The standard InChI is InChI=1S/C19H26O/c1-13-6-15(4-5-16(13)20)19-9-14-7-17(2,11-19)10-18(3,8-14)12-19/h4-6,14,20H,7-12H2,1-3H3. The summed E-state index contributed by atoms with van der Waals surface area (Å²) in [5.74, 6) is 1.37. The highest BCUT2D eigenvalue weighted by Crippen LogP contribution is 2.69. The van der Waals surface area contributed by atoms with Crippen LogP contribution in [-0.4, -0.2) is 5.11 Å². The van der Waals surface area contributed by atoms with E-state index >= 15 is 0 Å². The zero-order chi connectivity index (χ0) is 14.2. The van der Waals surface area contributed by atoms with Gasteiger partial charge in [0.1, 0.15) is 5.75 Å². The van der Waals surface area contributed by atoms with Crippen LogP contribution < -0.4 is 0 Å². The van der Waals surface area contributed by atoms with Crippen LogP contribution in [0, 0.1) is 23.7 Å². The van der Waals surface area contributed by atoms with Gasteiger partial charge in [0.05, 0.1) is 0 Å². The fraction of sp³-hybridized carbons (Fsp3) is 0.684. The number of aryl methyl sites for hydroxylation is 1. The Hall–Kier alpha value is -0.980. The van der Waals surface area contributed by atoms with E-state index < -0.39 is 0 Å². The van der Waals surface area contributed by atoms with Crippen molar-refractivity contribution in [3.8, 4) is 5.75 Å². The van der Waals surface area contributed by atoms with Gasteiger partial charge in [-0.15, -0.1) is 0 Å². The molecule has 1 aromatic rings. The van der Waals surface area contributed by atoms with Crippen molar-refractivity contribution in [2.24, 2.45) is 16.7 Å². The molecule has 1 N–H and O–H groups in total. The summed E-state index contributed by atoms with van der Waals surface area (Å²) in [4.78, 5) is 0. The van der Waals surface area contributed by atoms with Crippen molar-refractivity contribution in [3.63, 3.8) is 0 Å². The number of benzene rings is 1. The third-order valence-corrected chi connectivity index (χ3v) is 6.44. The van der Waals surface area contributed by atoms with Crippen molar-refractivity contribution in [1.82, 2.24) is 0 Å². The topological polar surface area (TPSA) is 20.2 Å². The average Bonchev–Trinajstić information content (AvgIpc) is 2.27. The number of phenolic OH excluding ortho intramolecular Hbond substituents is 1. The Morgan fingerprint density at radius 3 is 2.20 bits per heavy atom. The number of rotatable bonds is 1. The van der Waals surface area contributed by atoms with Gasteiger partial charge in [-0.2, -0.15) is 0 Å². The first kappa shape index (κ1) is 12.7. The van der Waals surface area contributed by atoms with Crippen molar-refractivity contribution in [1.29, 1.82) is 0 Å². The molecule has 1 heteroatoms. The van der Waals surface area contributed by atoms with Crippen LogP contribution in [0.1, 0.15) is 63.5 Å². The van der Waals surface area contributed by atoms with Crippen LogP contribution in [0.5, 0.6) is 5.75 Å². The molecule has 1 nitrogen and oxygen atoms in total. The molecule has 20 heavy (non-hydrogen) atoms. The minimum absolute atomic E-state index is 0.390. The summed E-state index contributed by atoms with van der Waals surface area (Å²) in [6.45, 7) is 7.08. The van der Waals surface area contributed by atoms with Gasteiger partial charge >= 0.3 is 0 Å². The molecule has 0 aromatic heterocycles. The first-order valence-electron chi connectivity index (χ1n) is 8.12. The molecule has 108 valence electrons. The molecule has 0 heterocycles. The number of aromatic hydroxyl groups is 1. The Balaban J connectivity index is 1.82. The Bertz CT molecular complexity index is 555. The second-order valence-corrected chi connectivity index (χ2v) is 8.91. The van der Waals surface area contributed by atoms with Crippen LogP contribution in [0.2, 0.25) is 0 Å². The molecule has 2 unspecified atom stereocenters. The molecule has 0 saturated heterocycles. The van der Waals surface area contributed by atoms with E-state index in [-0.39, 0.29) is 0 Å².